The number of hydrogen-bond acceptors (Lipinski definition) is 6. The smallest absolute Gasteiger partial charge is 0.253 e. The maximum absolute atomic E-state index is 12.3. The summed E-state index contributed by atoms with van der Waals surface area (Å²) in [7, 11) is -3.71. The fourth-order valence-corrected chi connectivity index (χ4v) is 4.62. The average Bonchev–Trinajstić information content (AvgIpc) is 3.02. The number of halogens is 1. The Kier molecular flexibility index (Phi) is 5.17. The van der Waals surface area contributed by atoms with Gasteiger partial charge in [0.05, 0.1) is 20.1 Å². The molecule has 0 bridgehead atoms. The molecule has 0 unspecified atom stereocenters. The molecule has 3 aromatic rings. The second kappa shape index (κ2) is 7.22. The summed E-state index contributed by atoms with van der Waals surface area (Å²) in [6.07, 6.45) is 0. The second-order valence-electron chi connectivity index (χ2n) is 5.81. The lowest BCUT2D eigenvalue weighted by molar-refractivity contribution is -0.118. The van der Waals surface area contributed by atoms with Crippen molar-refractivity contribution in [2.24, 2.45) is 0 Å². The highest BCUT2D eigenvalue weighted by atomic mass is 35.5. The topological polar surface area (TPSA) is 88.2 Å². The number of carbonyl (C=O) groups excluding carboxylic acids is 1. The van der Waals surface area contributed by atoms with Crippen LogP contribution < -0.4 is 10.9 Å². The quantitative estimate of drug-likeness (QED) is 0.630. The monoisotopic (exact) mass is 409 g/mol. The zero-order chi connectivity index (χ0) is 18.9. The van der Waals surface area contributed by atoms with Gasteiger partial charge in [0.1, 0.15) is 5.75 Å². The number of hydrazine groups is 1. The second-order valence-corrected chi connectivity index (χ2v) is 9.20. The van der Waals surface area contributed by atoms with Crippen molar-refractivity contribution >= 4 is 54.0 Å². The third-order valence-electron chi connectivity index (χ3n) is 3.71. The highest BCUT2D eigenvalue weighted by Crippen LogP contribution is 2.33. The van der Waals surface area contributed by atoms with E-state index in [-0.39, 0.29) is 4.90 Å². The first-order chi connectivity index (χ1) is 12.3. The van der Waals surface area contributed by atoms with E-state index in [0.717, 1.165) is 21.3 Å². The van der Waals surface area contributed by atoms with Crippen molar-refractivity contribution in [3.05, 3.63) is 52.5 Å². The summed E-state index contributed by atoms with van der Waals surface area (Å²) in [5.74, 6) is -1.33. The van der Waals surface area contributed by atoms with Gasteiger partial charge < -0.3 is 0 Å². The summed E-state index contributed by atoms with van der Waals surface area (Å²) < 4.78 is 25.4. The van der Waals surface area contributed by atoms with Gasteiger partial charge in [-0.2, -0.15) is 0 Å². The van der Waals surface area contributed by atoms with E-state index in [4.69, 9.17) is 11.6 Å². The molecular weight excluding hydrogens is 394 g/mol. The van der Waals surface area contributed by atoms with Crippen LogP contribution in [0.4, 0.5) is 5.13 Å². The van der Waals surface area contributed by atoms with E-state index in [2.05, 4.69) is 15.8 Å². The summed E-state index contributed by atoms with van der Waals surface area (Å²) in [6.45, 7) is 3.77. The molecule has 136 valence electrons. The zero-order valence-electron chi connectivity index (χ0n) is 14.0. The number of rotatable bonds is 5. The summed E-state index contributed by atoms with van der Waals surface area (Å²) in [6, 6.07) is 10.0. The van der Waals surface area contributed by atoms with Crippen LogP contribution in [0.3, 0.4) is 0 Å². The molecular formula is C17H16ClN3O3S2. The van der Waals surface area contributed by atoms with E-state index in [1.165, 1.54) is 23.5 Å². The third-order valence-corrected chi connectivity index (χ3v) is 6.77. The van der Waals surface area contributed by atoms with Gasteiger partial charge >= 0.3 is 0 Å². The van der Waals surface area contributed by atoms with Crippen LogP contribution in [-0.2, 0) is 14.6 Å². The molecule has 26 heavy (non-hydrogen) atoms. The van der Waals surface area contributed by atoms with Crippen LogP contribution in [0.25, 0.3) is 10.2 Å². The van der Waals surface area contributed by atoms with E-state index in [9.17, 15) is 13.2 Å². The number of carbonyl (C=O) groups is 1. The van der Waals surface area contributed by atoms with Gasteiger partial charge in [0.15, 0.2) is 9.84 Å². The van der Waals surface area contributed by atoms with E-state index in [1.807, 2.05) is 19.9 Å². The molecule has 0 fully saturated rings. The van der Waals surface area contributed by atoms with Gasteiger partial charge in [-0.25, -0.2) is 13.4 Å². The van der Waals surface area contributed by atoms with Crippen LogP contribution >= 0.6 is 22.9 Å². The minimum atomic E-state index is -3.71. The van der Waals surface area contributed by atoms with Crippen molar-refractivity contribution in [2.45, 2.75) is 18.7 Å². The third kappa shape index (κ3) is 3.98. The van der Waals surface area contributed by atoms with Gasteiger partial charge in [-0.3, -0.25) is 15.6 Å². The van der Waals surface area contributed by atoms with Gasteiger partial charge in [-0.1, -0.05) is 46.7 Å². The van der Waals surface area contributed by atoms with E-state index in [0.29, 0.717) is 10.2 Å². The first-order valence-corrected chi connectivity index (χ1v) is 10.5. The highest BCUT2D eigenvalue weighted by Gasteiger charge is 2.19. The van der Waals surface area contributed by atoms with E-state index in [1.54, 1.807) is 18.2 Å². The summed E-state index contributed by atoms with van der Waals surface area (Å²) in [4.78, 5) is 16.5. The SMILES string of the molecule is Cc1ccc(S(=O)(=O)CC(=O)NNc2nc3c(C)ccc(Cl)c3s2)cc1. The van der Waals surface area contributed by atoms with Crippen molar-refractivity contribution in [3.63, 3.8) is 0 Å². The van der Waals surface area contributed by atoms with Crippen molar-refractivity contribution in [1.82, 2.24) is 10.4 Å². The summed E-state index contributed by atoms with van der Waals surface area (Å²) in [5, 5.41) is 1.00. The van der Waals surface area contributed by atoms with Crippen LogP contribution in [-0.4, -0.2) is 25.1 Å². The molecule has 1 amide bonds. The maximum Gasteiger partial charge on any atom is 0.253 e. The lowest BCUT2D eigenvalue weighted by Gasteiger charge is -2.07. The van der Waals surface area contributed by atoms with Crippen LogP contribution in [0.5, 0.6) is 0 Å². The normalized spacial score (nSPS) is 11.5. The van der Waals surface area contributed by atoms with Crippen molar-refractivity contribution in [1.29, 1.82) is 0 Å². The molecule has 9 heteroatoms. The lowest BCUT2D eigenvalue weighted by atomic mass is 10.2. The van der Waals surface area contributed by atoms with E-state index < -0.39 is 21.5 Å². The molecule has 0 spiro atoms. The molecule has 0 saturated heterocycles. The van der Waals surface area contributed by atoms with Gasteiger partial charge in [-0.05, 0) is 37.6 Å². The molecule has 0 saturated carbocycles. The Hall–Kier alpha value is -2.16. The molecule has 0 atom stereocenters. The van der Waals surface area contributed by atoms with Crippen LogP contribution in [0.1, 0.15) is 11.1 Å². The van der Waals surface area contributed by atoms with Crippen LogP contribution in [0, 0.1) is 13.8 Å². The number of hydrogen-bond donors (Lipinski definition) is 2. The molecule has 2 aromatic carbocycles. The average molecular weight is 410 g/mol. The number of nitrogens with one attached hydrogen (secondary N) is 2. The maximum atomic E-state index is 12.3. The molecule has 3 rings (SSSR count). The van der Waals surface area contributed by atoms with Gasteiger partial charge in [0.25, 0.3) is 5.91 Å². The molecule has 0 radical (unpaired) electrons. The molecule has 1 aromatic heterocycles. The molecule has 6 nitrogen and oxygen atoms in total. The standard InChI is InChI=1S/C17H16ClN3O3S2/c1-10-3-6-12(7-4-10)26(23,24)9-14(22)20-21-17-19-15-11(2)5-8-13(18)16(15)25-17/h3-8H,9H2,1-2H3,(H,19,21)(H,20,22). The number of amides is 1. The predicted molar refractivity (Wildman–Crippen MR) is 104 cm³/mol. The van der Waals surface area contributed by atoms with Gasteiger partial charge in [-0.15, -0.1) is 0 Å². The Morgan fingerprint density at radius 2 is 1.85 bits per heavy atom. The first-order valence-electron chi connectivity index (χ1n) is 7.66. The Morgan fingerprint density at radius 1 is 1.15 bits per heavy atom. The number of aromatic nitrogens is 1. The van der Waals surface area contributed by atoms with Crippen molar-refractivity contribution in [2.75, 3.05) is 11.2 Å². The fourth-order valence-electron chi connectivity index (χ4n) is 2.32. The Morgan fingerprint density at radius 3 is 2.50 bits per heavy atom. The first kappa shape index (κ1) is 18.6. The highest BCUT2D eigenvalue weighted by molar-refractivity contribution is 7.92. The minimum Gasteiger partial charge on any atom is -0.273 e. The number of benzene rings is 2. The lowest BCUT2D eigenvalue weighted by Crippen LogP contribution is -2.34. The molecule has 0 aliphatic carbocycles. The minimum absolute atomic E-state index is 0.112. The molecule has 0 aliphatic rings. The Labute approximate surface area is 160 Å². The number of sulfone groups is 1. The van der Waals surface area contributed by atoms with Crippen molar-refractivity contribution < 1.29 is 13.2 Å². The van der Waals surface area contributed by atoms with E-state index >= 15 is 0 Å². The summed E-state index contributed by atoms with van der Waals surface area (Å²) >= 11 is 7.42. The molecule has 0 aliphatic heterocycles. The number of aryl methyl sites for hydroxylation is 2. The van der Waals surface area contributed by atoms with Crippen molar-refractivity contribution in [3.8, 4) is 0 Å². The van der Waals surface area contributed by atoms with Gasteiger partial charge in [0.2, 0.25) is 5.13 Å². The fraction of sp³-hybridized carbons (Fsp3) is 0.176. The molecule has 2 N–H and O–H groups in total. The van der Waals surface area contributed by atoms with Crippen LogP contribution in [0.15, 0.2) is 41.3 Å². The molecule has 1 heterocycles. The summed E-state index contributed by atoms with van der Waals surface area (Å²) in [5.41, 5.74) is 7.68. The number of anilines is 1. The predicted octanol–water partition coefficient (Wildman–Crippen LogP) is 3.48. The zero-order valence-corrected chi connectivity index (χ0v) is 16.4. The Bertz CT molecular complexity index is 1040. The largest absolute Gasteiger partial charge is 0.273 e. The van der Waals surface area contributed by atoms with Crippen LogP contribution in [0.2, 0.25) is 5.02 Å². The number of nitrogens with zero attached hydrogens (tertiary/aromatic N) is 1. The Balaban J connectivity index is 1.68. The van der Waals surface area contributed by atoms with Gasteiger partial charge in [0, 0.05) is 0 Å². The number of thiazole rings is 1. The number of fused-ring (bicyclic) bond motifs is 1.